The second kappa shape index (κ2) is 5.79. The molecule has 0 spiro atoms. The van der Waals surface area contributed by atoms with E-state index in [9.17, 15) is 14.9 Å². The average Bonchev–Trinajstić information content (AvgIpc) is 2.45. The van der Waals surface area contributed by atoms with Crippen molar-refractivity contribution in [2.45, 2.75) is 6.54 Å². The molecule has 0 fully saturated rings. The van der Waals surface area contributed by atoms with Gasteiger partial charge in [0.2, 0.25) is 0 Å². The predicted molar refractivity (Wildman–Crippen MR) is 72.9 cm³/mol. The van der Waals surface area contributed by atoms with E-state index >= 15 is 0 Å². The molecule has 0 aliphatic carbocycles. The normalized spacial score (nSPS) is 10.0. The number of nitrogen functional groups attached to an aromatic ring is 1. The van der Waals surface area contributed by atoms with Crippen LogP contribution in [-0.4, -0.2) is 15.8 Å². The number of nitrogens with one attached hydrogen (secondary N) is 1. The number of nitro groups is 1. The first kappa shape index (κ1) is 13.5. The number of anilines is 1. The van der Waals surface area contributed by atoms with Gasteiger partial charge in [0, 0.05) is 24.4 Å². The van der Waals surface area contributed by atoms with Gasteiger partial charge in [0.1, 0.15) is 5.82 Å². The van der Waals surface area contributed by atoms with Gasteiger partial charge in [-0.1, -0.05) is 18.2 Å². The molecule has 0 saturated heterocycles. The van der Waals surface area contributed by atoms with Crippen molar-refractivity contribution in [2.75, 3.05) is 5.73 Å². The van der Waals surface area contributed by atoms with Gasteiger partial charge in [0.05, 0.1) is 10.5 Å². The number of nitrogens with zero attached hydrogens (tertiary/aromatic N) is 2. The summed E-state index contributed by atoms with van der Waals surface area (Å²) < 4.78 is 0. The van der Waals surface area contributed by atoms with E-state index in [0.29, 0.717) is 16.9 Å². The minimum Gasteiger partial charge on any atom is -0.384 e. The Balaban J connectivity index is 2.07. The first-order valence-electron chi connectivity index (χ1n) is 5.80. The zero-order valence-corrected chi connectivity index (χ0v) is 10.4. The van der Waals surface area contributed by atoms with E-state index in [-0.39, 0.29) is 18.1 Å². The van der Waals surface area contributed by atoms with Gasteiger partial charge in [-0.3, -0.25) is 14.9 Å². The van der Waals surface area contributed by atoms with Crippen molar-refractivity contribution in [2.24, 2.45) is 0 Å². The Kier molecular flexibility index (Phi) is 3.90. The second-order valence-corrected chi connectivity index (χ2v) is 4.04. The minimum atomic E-state index is -0.480. The Hall–Kier alpha value is -2.96. The third-order valence-electron chi connectivity index (χ3n) is 2.68. The van der Waals surface area contributed by atoms with Gasteiger partial charge < -0.3 is 11.1 Å². The van der Waals surface area contributed by atoms with Crippen molar-refractivity contribution in [3.05, 3.63) is 63.8 Å². The number of amides is 1. The highest BCUT2D eigenvalue weighted by molar-refractivity contribution is 5.94. The van der Waals surface area contributed by atoms with E-state index in [4.69, 9.17) is 5.73 Å². The van der Waals surface area contributed by atoms with Crippen LogP contribution in [0.5, 0.6) is 0 Å². The van der Waals surface area contributed by atoms with Gasteiger partial charge >= 0.3 is 0 Å². The maximum atomic E-state index is 11.8. The van der Waals surface area contributed by atoms with Gasteiger partial charge in [0.25, 0.3) is 11.6 Å². The molecule has 0 unspecified atom stereocenters. The number of rotatable bonds is 4. The summed E-state index contributed by atoms with van der Waals surface area (Å²) >= 11 is 0. The zero-order chi connectivity index (χ0) is 14.5. The molecule has 1 heterocycles. The quantitative estimate of drug-likeness (QED) is 0.647. The minimum absolute atomic E-state index is 0.0248. The molecule has 1 amide bonds. The highest BCUT2D eigenvalue weighted by Crippen LogP contribution is 2.17. The number of para-hydroxylation sites is 1. The molecule has 102 valence electrons. The summed E-state index contributed by atoms with van der Waals surface area (Å²) in [5.41, 5.74) is 6.19. The maximum Gasteiger partial charge on any atom is 0.274 e. The standard InChI is InChI=1S/C13H12N4O3/c14-12-6-5-10(8-15-12)13(18)16-7-9-3-1-2-4-11(9)17(19)20/h1-6,8H,7H2,(H2,14,15)(H,16,18). The van der Waals surface area contributed by atoms with Crippen molar-refractivity contribution in [1.29, 1.82) is 0 Å². The van der Waals surface area contributed by atoms with Crippen LogP contribution in [0.3, 0.4) is 0 Å². The Morgan fingerprint density at radius 3 is 2.70 bits per heavy atom. The molecule has 0 bridgehead atoms. The fraction of sp³-hybridized carbons (Fsp3) is 0.0769. The summed E-state index contributed by atoms with van der Waals surface area (Å²) in [6, 6.07) is 9.30. The average molecular weight is 272 g/mol. The third kappa shape index (κ3) is 3.08. The number of aromatic nitrogens is 1. The van der Waals surface area contributed by atoms with Gasteiger partial charge in [-0.25, -0.2) is 4.98 Å². The van der Waals surface area contributed by atoms with Crippen molar-refractivity contribution in [3.8, 4) is 0 Å². The van der Waals surface area contributed by atoms with Crippen molar-refractivity contribution >= 4 is 17.4 Å². The second-order valence-electron chi connectivity index (χ2n) is 4.04. The lowest BCUT2D eigenvalue weighted by Crippen LogP contribution is -2.23. The van der Waals surface area contributed by atoms with Gasteiger partial charge in [-0.05, 0) is 12.1 Å². The molecule has 0 atom stereocenters. The third-order valence-corrected chi connectivity index (χ3v) is 2.68. The van der Waals surface area contributed by atoms with Gasteiger partial charge in [-0.2, -0.15) is 0 Å². The number of hydrogen-bond acceptors (Lipinski definition) is 5. The number of carbonyl (C=O) groups excluding carboxylic acids is 1. The molecule has 0 radical (unpaired) electrons. The molecule has 3 N–H and O–H groups in total. The van der Waals surface area contributed by atoms with Crippen LogP contribution in [0.25, 0.3) is 0 Å². The topological polar surface area (TPSA) is 111 Å². The van der Waals surface area contributed by atoms with Gasteiger partial charge in [-0.15, -0.1) is 0 Å². The zero-order valence-electron chi connectivity index (χ0n) is 10.4. The van der Waals surface area contributed by atoms with Crippen molar-refractivity contribution in [1.82, 2.24) is 10.3 Å². The van der Waals surface area contributed by atoms with Crippen LogP contribution < -0.4 is 11.1 Å². The smallest absolute Gasteiger partial charge is 0.274 e. The molecule has 1 aromatic heterocycles. The molecule has 0 aliphatic heterocycles. The van der Waals surface area contributed by atoms with Gasteiger partial charge in [0.15, 0.2) is 0 Å². The summed E-state index contributed by atoms with van der Waals surface area (Å²) in [4.78, 5) is 26.0. The van der Waals surface area contributed by atoms with E-state index in [1.165, 1.54) is 24.4 Å². The summed E-state index contributed by atoms with van der Waals surface area (Å²) in [6.07, 6.45) is 1.35. The van der Waals surface area contributed by atoms with Crippen LogP contribution in [0.15, 0.2) is 42.6 Å². The molecule has 0 aliphatic rings. The molecular weight excluding hydrogens is 260 g/mol. The Bertz CT molecular complexity index is 640. The monoisotopic (exact) mass is 272 g/mol. The molecule has 20 heavy (non-hydrogen) atoms. The summed E-state index contributed by atoms with van der Waals surface area (Å²) in [5, 5.41) is 13.4. The summed E-state index contributed by atoms with van der Waals surface area (Å²) in [6.45, 7) is 0.0698. The maximum absolute atomic E-state index is 11.8. The Morgan fingerprint density at radius 1 is 1.30 bits per heavy atom. The first-order valence-corrected chi connectivity index (χ1v) is 5.80. The molecule has 1 aromatic carbocycles. The lowest BCUT2D eigenvalue weighted by Gasteiger charge is -2.06. The van der Waals surface area contributed by atoms with Crippen molar-refractivity contribution < 1.29 is 9.72 Å². The predicted octanol–water partition coefficient (Wildman–Crippen LogP) is 1.50. The van der Waals surface area contributed by atoms with Crippen LogP contribution in [0.4, 0.5) is 11.5 Å². The van der Waals surface area contributed by atoms with E-state index < -0.39 is 4.92 Å². The van der Waals surface area contributed by atoms with Crippen LogP contribution in [-0.2, 0) is 6.54 Å². The molecule has 7 nitrogen and oxygen atoms in total. The number of nitro benzene ring substituents is 1. The number of pyridine rings is 1. The number of carbonyl (C=O) groups is 1. The molecule has 2 rings (SSSR count). The van der Waals surface area contributed by atoms with Crippen molar-refractivity contribution in [3.63, 3.8) is 0 Å². The lowest BCUT2D eigenvalue weighted by atomic mass is 10.1. The summed E-state index contributed by atoms with van der Waals surface area (Å²) in [5.74, 6) is -0.0455. The van der Waals surface area contributed by atoms with E-state index in [1.54, 1.807) is 18.2 Å². The van der Waals surface area contributed by atoms with E-state index in [2.05, 4.69) is 10.3 Å². The van der Waals surface area contributed by atoms with Crippen LogP contribution >= 0.6 is 0 Å². The number of nitrogens with two attached hydrogens (primary N) is 1. The van der Waals surface area contributed by atoms with E-state index in [0.717, 1.165) is 0 Å². The number of benzene rings is 1. The Morgan fingerprint density at radius 2 is 2.05 bits per heavy atom. The van der Waals surface area contributed by atoms with E-state index in [1.807, 2.05) is 0 Å². The summed E-state index contributed by atoms with van der Waals surface area (Å²) in [7, 11) is 0. The molecule has 7 heteroatoms. The highest BCUT2D eigenvalue weighted by Gasteiger charge is 2.13. The molecule has 0 saturated carbocycles. The van der Waals surface area contributed by atoms with Crippen LogP contribution in [0.2, 0.25) is 0 Å². The largest absolute Gasteiger partial charge is 0.384 e. The fourth-order valence-electron chi connectivity index (χ4n) is 1.66. The SMILES string of the molecule is Nc1ccc(C(=O)NCc2ccccc2[N+](=O)[O-])cn1. The highest BCUT2D eigenvalue weighted by atomic mass is 16.6. The fourth-order valence-corrected chi connectivity index (χ4v) is 1.66. The lowest BCUT2D eigenvalue weighted by molar-refractivity contribution is -0.385. The first-order chi connectivity index (χ1) is 9.58. The van der Waals surface area contributed by atoms with Crippen LogP contribution in [0.1, 0.15) is 15.9 Å². The number of hydrogen-bond donors (Lipinski definition) is 2. The molecular formula is C13H12N4O3. The Labute approximate surface area is 114 Å². The molecule has 2 aromatic rings. The van der Waals surface area contributed by atoms with Crippen LogP contribution in [0, 0.1) is 10.1 Å².